The molecule has 0 bridgehead atoms. The number of aryl methyl sites for hydroxylation is 1. The minimum Gasteiger partial charge on any atom is -0.467 e. The third kappa shape index (κ3) is 2.51. The lowest BCUT2D eigenvalue weighted by Crippen LogP contribution is -2.42. The van der Waals surface area contributed by atoms with Gasteiger partial charge in [-0.25, -0.2) is 0 Å². The molecular formula is C22H19N3O2. The molecule has 1 atom stereocenters. The summed E-state index contributed by atoms with van der Waals surface area (Å²) in [5.74, 6) is 0.752. The standard InChI is InChI=1S/C22H19N3O2/c1-14-20(16-8-2-4-10-18(16)23-14)21-24-19-11-5-3-9-17(19)22(26)25(21)13-15-7-6-12-27-15/h2-12,21,23-24H,13H2,1H3/t21-/m0/s1. The quantitative estimate of drug-likeness (QED) is 0.552. The zero-order valence-electron chi connectivity index (χ0n) is 14.9. The van der Waals surface area contributed by atoms with E-state index in [-0.39, 0.29) is 12.1 Å². The Balaban J connectivity index is 1.67. The van der Waals surface area contributed by atoms with Gasteiger partial charge in [-0.1, -0.05) is 30.3 Å². The first-order valence-electron chi connectivity index (χ1n) is 8.98. The number of para-hydroxylation sites is 2. The van der Waals surface area contributed by atoms with Crippen molar-refractivity contribution in [2.75, 3.05) is 5.32 Å². The van der Waals surface area contributed by atoms with E-state index in [1.165, 1.54) is 0 Å². The largest absolute Gasteiger partial charge is 0.467 e. The number of anilines is 1. The van der Waals surface area contributed by atoms with Crippen molar-refractivity contribution < 1.29 is 9.21 Å². The molecule has 0 fully saturated rings. The molecule has 0 unspecified atom stereocenters. The van der Waals surface area contributed by atoms with Gasteiger partial charge < -0.3 is 19.6 Å². The highest BCUT2D eigenvalue weighted by atomic mass is 16.3. The van der Waals surface area contributed by atoms with Gasteiger partial charge in [0.2, 0.25) is 0 Å². The number of fused-ring (bicyclic) bond motifs is 2. The van der Waals surface area contributed by atoms with Gasteiger partial charge in [0.05, 0.1) is 18.4 Å². The van der Waals surface area contributed by atoms with E-state index in [1.807, 2.05) is 60.4 Å². The van der Waals surface area contributed by atoms with Crippen LogP contribution in [0.4, 0.5) is 5.69 Å². The fraction of sp³-hybridized carbons (Fsp3) is 0.136. The fourth-order valence-electron chi connectivity index (χ4n) is 3.90. The molecule has 0 radical (unpaired) electrons. The third-order valence-electron chi connectivity index (χ3n) is 5.15. The van der Waals surface area contributed by atoms with Gasteiger partial charge in [-0.15, -0.1) is 0 Å². The van der Waals surface area contributed by atoms with Crippen LogP contribution in [0.3, 0.4) is 0 Å². The van der Waals surface area contributed by atoms with Crippen LogP contribution in [0, 0.1) is 6.92 Å². The van der Waals surface area contributed by atoms with Gasteiger partial charge in [0.1, 0.15) is 11.9 Å². The first-order chi connectivity index (χ1) is 13.2. The normalized spacial score (nSPS) is 16.4. The fourth-order valence-corrected chi connectivity index (χ4v) is 3.90. The van der Waals surface area contributed by atoms with Gasteiger partial charge in [0, 0.05) is 27.8 Å². The molecule has 134 valence electrons. The van der Waals surface area contributed by atoms with Crippen LogP contribution >= 0.6 is 0 Å². The maximum absolute atomic E-state index is 13.3. The van der Waals surface area contributed by atoms with Crippen molar-refractivity contribution in [2.24, 2.45) is 0 Å². The van der Waals surface area contributed by atoms with Crippen molar-refractivity contribution in [1.29, 1.82) is 0 Å². The monoisotopic (exact) mass is 357 g/mol. The van der Waals surface area contributed by atoms with E-state index >= 15 is 0 Å². The van der Waals surface area contributed by atoms with E-state index < -0.39 is 0 Å². The molecule has 0 saturated carbocycles. The number of furan rings is 1. The Morgan fingerprint density at radius 3 is 2.70 bits per heavy atom. The molecule has 2 aromatic carbocycles. The Hall–Kier alpha value is -3.47. The zero-order chi connectivity index (χ0) is 18.4. The van der Waals surface area contributed by atoms with Crippen LogP contribution in [-0.4, -0.2) is 15.8 Å². The van der Waals surface area contributed by atoms with Gasteiger partial charge in [-0.2, -0.15) is 0 Å². The molecule has 1 aliphatic rings. The summed E-state index contributed by atoms with van der Waals surface area (Å²) in [5.41, 5.74) is 4.73. The number of aromatic amines is 1. The Bertz CT molecular complexity index is 1130. The molecular weight excluding hydrogens is 338 g/mol. The van der Waals surface area contributed by atoms with Crippen LogP contribution in [0.15, 0.2) is 71.3 Å². The van der Waals surface area contributed by atoms with Crippen LogP contribution in [0.1, 0.15) is 33.5 Å². The summed E-state index contributed by atoms with van der Waals surface area (Å²) in [6.45, 7) is 2.45. The molecule has 0 aliphatic carbocycles. The third-order valence-corrected chi connectivity index (χ3v) is 5.15. The number of nitrogens with one attached hydrogen (secondary N) is 2. The van der Waals surface area contributed by atoms with E-state index in [4.69, 9.17) is 4.42 Å². The number of benzene rings is 2. The highest BCUT2D eigenvalue weighted by Gasteiger charge is 2.35. The van der Waals surface area contributed by atoms with Crippen molar-refractivity contribution in [3.63, 3.8) is 0 Å². The van der Waals surface area contributed by atoms with Gasteiger partial charge >= 0.3 is 0 Å². The van der Waals surface area contributed by atoms with E-state index in [0.717, 1.165) is 33.6 Å². The molecule has 1 aliphatic heterocycles. The number of hydrogen-bond acceptors (Lipinski definition) is 3. The molecule has 2 aromatic heterocycles. The summed E-state index contributed by atoms with van der Waals surface area (Å²) in [6, 6.07) is 19.6. The van der Waals surface area contributed by atoms with Gasteiger partial charge in [-0.05, 0) is 37.3 Å². The number of aromatic nitrogens is 1. The molecule has 3 heterocycles. The molecule has 5 heteroatoms. The van der Waals surface area contributed by atoms with Crippen molar-refractivity contribution in [2.45, 2.75) is 19.6 Å². The van der Waals surface area contributed by atoms with Crippen LogP contribution in [0.5, 0.6) is 0 Å². The molecule has 27 heavy (non-hydrogen) atoms. The second-order valence-electron chi connectivity index (χ2n) is 6.81. The lowest BCUT2D eigenvalue weighted by Gasteiger charge is -2.37. The van der Waals surface area contributed by atoms with Crippen LogP contribution in [0.2, 0.25) is 0 Å². The highest BCUT2D eigenvalue weighted by Crippen LogP contribution is 2.38. The van der Waals surface area contributed by atoms with Gasteiger partial charge in [0.25, 0.3) is 5.91 Å². The predicted molar refractivity (Wildman–Crippen MR) is 104 cm³/mol. The number of carbonyl (C=O) groups excluding carboxylic acids is 1. The van der Waals surface area contributed by atoms with Gasteiger partial charge in [-0.3, -0.25) is 4.79 Å². The van der Waals surface area contributed by atoms with E-state index in [2.05, 4.69) is 22.4 Å². The van der Waals surface area contributed by atoms with Crippen molar-refractivity contribution in [3.8, 4) is 0 Å². The smallest absolute Gasteiger partial charge is 0.258 e. The summed E-state index contributed by atoms with van der Waals surface area (Å²) in [5, 5.41) is 4.68. The zero-order valence-corrected chi connectivity index (χ0v) is 14.9. The van der Waals surface area contributed by atoms with Crippen molar-refractivity contribution >= 4 is 22.5 Å². The maximum Gasteiger partial charge on any atom is 0.258 e. The molecule has 4 aromatic rings. The maximum atomic E-state index is 13.3. The van der Waals surface area contributed by atoms with Gasteiger partial charge in [0.15, 0.2) is 0 Å². The summed E-state index contributed by atoms with van der Waals surface area (Å²) < 4.78 is 5.53. The predicted octanol–water partition coefficient (Wildman–Crippen LogP) is 4.84. The lowest BCUT2D eigenvalue weighted by molar-refractivity contribution is 0.0652. The highest BCUT2D eigenvalue weighted by molar-refractivity contribution is 6.02. The number of nitrogens with zero attached hydrogens (tertiary/aromatic N) is 1. The van der Waals surface area contributed by atoms with Crippen molar-refractivity contribution in [1.82, 2.24) is 9.88 Å². The number of rotatable bonds is 3. The van der Waals surface area contributed by atoms with E-state index in [1.54, 1.807) is 6.26 Å². The Kier molecular flexibility index (Phi) is 3.53. The van der Waals surface area contributed by atoms with Crippen LogP contribution in [-0.2, 0) is 6.54 Å². The van der Waals surface area contributed by atoms with E-state index in [0.29, 0.717) is 12.1 Å². The average molecular weight is 357 g/mol. The summed E-state index contributed by atoms with van der Waals surface area (Å²) in [4.78, 5) is 18.6. The first-order valence-corrected chi connectivity index (χ1v) is 8.98. The van der Waals surface area contributed by atoms with Crippen LogP contribution in [0.25, 0.3) is 10.9 Å². The summed E-state index contributed by atoms with van der Waals surface area (Å²) >= 11 is 0. The molecule has 5 nitrogen and oxygen atoms in total. The number of hydrogen-bond donors (Lipinski definition) is 2. The Morgan fingerprint density at radius 1 is 1.04 bits per heavy atom. The number of carbonyl (C=O) groups is 1. The minimum atomic E-state index is -0.284. The lowest BCUT2D eigenvalue weighted by atomic mass is 10.0. The number of H-pyrrole nitrogens is 1. The topological polar surface area (TPSA) is 61.3 Å². The molecule has 0 saturated heterocycles. The SMILES string of the molecule is Cc1[nH]c2ccccc2c1[C@H]1Nc2ccccc2C(=O)N1Cc1ccco1. The Morgan fingerprint density at radius 2 is 1.85 bits per heavy atom. The summed E-state index contributed by atoms with van der Waals surface area (Å²) in [7, 11) is 0. The number of amides is 1. The van der Waals surface area contributed by atoms with E-state index in [9.17, 15) is 4.79 Å². The van der Waals surface area contributed by atoms with Crippen LogP contribution < -0.4 is 5.32 Å². The minimum absolute atomic E-state index is 0.00423. The first kappa shape index (κ1) is 15.8. The average Bonchev–Trinajstić information content (AvgIpc) is 3.31. The molecule has 2 N–H and O–H groups in total. The van der Waals surface area contributed by atoms with Crippen molar-refractivity contribution in [3.05, 3.63) is 89.5 Å². The second kappa shape index (κ2) is 6.06. The Labute approximate surface area is 156 Å². The second-order valence-corrected chi connectivity index (χ2v) is 6.81. The molecule has 5 rings (SSSR count). The molecule has 0 spiro atoms. The summed E-state index contributed by atoms with van der Waals surface area (Å²) in [6.07, 6.45) is 1.35. The molecule has 1 amide bonds.